The summed E-state index contributed by atoms with van der Waals surface area (Å²) in [6, 6.07) is 5.92. The van der Waals surface area contributed by atoms with E-state index in [0.717, 1.165) is 37.7 Å². The van der Waals surface area contributed by atoms with Crippen LogP contribution in [-0.2, 0) is 11.3 Å². The normalized spacial score (nSPS) is 16.3. The van der Waals surface area contributed by atoms with E-state index in [-0.39, 0.29) is 24.0 Å². The van der Waals surface area contributed by atoms with Crippen molar-refractivity contribution in [3.8, 4) is 0 Å². The van der Waals surface area contributed by atoms with Gasteiger partial charge in [0.1, 0.15) is 0 Å². The number of hydrogen-bond donors (Lipinski definition) is 1. The van der Waals surface area contributed by atoms with Crippen LogP contribution in [0.3, 0.4) is 0 Å². The molecule has 100 valence electrons. The van der Waals surface area contributed by atoms with E-state index in [1.54, 1.807) is 0 Å². The molecule has 1 fully saturated rings. The fourth-order valence-corrected chi connectivity index (χ4v) is 1.74. The van der Waals surface area contributed by atoms with Crippen molar-refractivity contribution in [1.29, 1.82) is 0 Å². The van der Waals surface area contributed by atoms with Gasteiger partial charge in [-0.25, -0.2) is 4.99 Å². The molecule has 0 unspecified atom stereocenters. The number of morpholine rings is 1. The fraction of sp³-hybridized carbons (Fsp3) is 0.500. The number of aryl methyl sites for hydroxylation is 1. The number of rotatable bonds is 2. The molecule has 0 bridgehead atoms. The quantitative estimate of drug-likeness (QED) is 0.487. The molecule has 2 rings (SSSR count). The van der Waals surface area contributed by atoms with Gasteiger partial charge >= 0.3 is 0 Å². The predicted molar refractivity (Wildman–Crippen MR) is 82.1 cm³/mol. The SMILES string of the molecule is Cc1cccc(CN=C(N)N2CCOCC2)n1.I. The topological polar surface area (TPSA) is 63.7 Å². The van der Waals surface area contributed by atoms with Gasteiger partial charge in [0, 0.05) is 18.8 Å². The number of nitrogens with two attached hydrogens (primary N) is 1. The third-order valence-electron chi connectivity index (χ3n) is 2.68. The highest BCUT2D eigenvalue weighted by atomic mass is 127. The smallest absolute Gasteiger partial charge is 0.191 e. The lowest BCUT2D eigenvalue weighted by molar-refractivity contribution is 0.0674. The van der Waals surface area contributed by atoms with Crippen LogP contribution >= 0.6 is 24.0 Å². The molecule has 2 N–H and O–H groups in total. The molecular weight excluding hydrogens is 343 g/mol. The molecule has 5 nitrogen and oxygen atoms in total. The van der Waals surface area contributed by atoms with E-state index < -0.39 is 0 Å². The molecule has 0 amide bonds. The van der Waals surface area contributed by atoms with Gasteiger partial charge in [0.25, 0.3) is 0 Å². The van der Waals surface area contributed by atoms with Gasteiger partial charge in [0.15, 0.2) is 5.96 Å². The van der Waals surface area contributed by atoms with E-state index in [1.165, 1.54) is 0 Å². The summed E-state index contributed by atoms with van der Waals surface area (Å²) in [6.45, 7) is 5.58. The van der Waals surface area contributed by atoms with Gasteiger partial charge in [0.2, 0.25) is 0 Å². The van der Waals surface area contributed by atoms with Gasteiger partial charge in [-0.1, -0.05) is 6.07 Å². The van der Waals surface area contributed by atoms with Crippen molar-refractivity contribution >= 4 is 29.9 Å². The first kappa shape index (κ1) is 15.2. The highest BCUT2D eigenvalue weighted by Gasteiger charge is 2.11. The highest BCUT2D eigenvalue weighted by Crippen LogP contribution is 2.01. The second-order valence-corrected chi connectivity index (χ2v) is 4.04. The minimum absolute atomic E-state index is 0. The number of halogens is 1. The lowest BCUT2D eigenvalue weighted by Gasteiger charge is -2.27. The molecule has 0 saturated carbocycles. The molecule has 0 aromatic carbocycles. The van der Waals surface area contributed by atoms with Gasteiger partial charge in [-0.15, -0.1) is 24.0 Å². The first-order valence-corrected chi connectivity index (χ1v) is 5.81. The van der Waals surface area contributed by atoms with Crippen molar-refractivity contribution < 1.29 is 4.74 Å². The molecule has 0 spiro atoms. The molecule has 1 aliphatic heterocycles. The maximum Gasteiger partial charge on any atom is 0.191 e. The minimum atomic E-state index is 0. The fourth-order valence-electron chi connectivity index (χ4n) is 1.74. The number of nitrogens with zero attached hydrogens (tertiary/aromatic N) is 3. The lowest BCUT2D eigenvalue weighted by atomic mass is 10.3. The van der Waals surface area contributed by atoms with Crippen molar-refractivity contribution in [3.05, 3.63) is 29.6 Å². The lowest BCUT2D eigenvalue weighted by Crippen LogP contribution is -2.44. The monoisotopic (exact) mass is 362 g/mol. The molecule has 0 aliphatic carbocycles. The van der Waals surface area contributed by atoms with Gasteiger partial charge in [-0.2, -0.15) is 0 Å². The zero-order chi connectivity index (χ0) is 12.1. The molecule has 2 heterocycles. The van der Waals surface area contributed by atoms with Crippen molar-refractivity contribution in [2.45, 2.75) is 13.5 Å². The van der Waals surface area contributed by atoms with Crippen molar-refractivity contribution in [1.82, 2.24) is 9.88 Å². The number of pyridine rings is 1. The minimum Gasteiger partial charge on any atom is -0.378 e. The van der Waals surface area contributed by atoms with Crippen LogP contribution in [0.4, 0.5) is 0 Å². The largest absolute Gasteiger partial charge is 0.378 e. The number of guanidine groups is 1. The Hall–Kier alpha value is -0.890. The number of hydrogen-bond acceptors (Lipinski definition) is 3. The number of aromatic nitrogens is 1. The second kappa shape index (κ2) is 7.52. The van der Waals surface area contributed by atoms with Gasteiger partial charge < -0.3 is 15.4 Å². The molecule has 1 aliphatic rings. The molecule has 18 heavy (non-hydrogen) atoms. The Labute approximate surface area is 124 Å². The van der Waals surface area contributed by atoms with Crippen LogP contribution in [0, 0.1) is 6.92 Å². The average Bonchev–Trinajstić information content (AvgIpc) is 2.37. The Bertz CT molecular complexity index is 405. The van der Waals surface area contributed by atoms with Crippen LogP contribution < -0.4 is 5.73 Å². The molecule has 1 aromatic rings. The molecule has 1 saturated heterocycles. The Morgan fingerprint density at radius 3 is 2.83 bits per heavy atom. The van der Waals surface area contributed by atoms with Crippen molar-refractivity contribution in [2.24, 2.45) is 10.7 Å². The summed E-state index contributed by atoms with van der Waals surface area (Å²) in [5.74, 6) is 0.580. The average molecular weight is 362 g/mol. The van der Waals surface area contributed by atoms with E-state index in [1.807, 2.05) is 30.0 Å². The van der Waals surface area contributed by atoms with Gasteiger partial charge in [0.05, 0.1) is 25.5 Å². The molecule has 0 atom stereocenters. The summed E-state index contributed by atoms with van der Waals surface area (Å²) in [6.07, 6.45) is 0. The Morgan fingerprint density at radius 1 is 1.44 bits per heavy atom. The van der Waals surface area contributed by atoms with E-state index in [2.05, 4.69) is 9.98 Å². The van der Waals surface area contributed by atoms with Crippen LogP contribution in [-0.4, -0.2) is 42.1 Å². The van der Waals surface area contributed by atoms with E-state index in [0.29, 0.717) is 12.5 Å². The summed E-state index contributed by atoms with van der Waals surface area (Å²) < 4.78 is 5.26. The highest BCUT2D eigenvalue weighted by molar-refractivity contribution is 14.0. The molecule has 6 heteroatoms. The number of aliphatic imine (C=N–C) groups is 1. The second-order valence-electron chi connectivity index (χ2n) is 4.04. The maximum absolute atomic E-state index is 5.93. The molecule has 1 aromatic heterocycles. The summed E-state index contributed by atoms with van der Waals surface area (Å²) in [5.41, 5.74) is 7.87. The summed E-state index contributed by atoms with van der Waals surface area (Å²) in [5, 5.41) is 0. The summed E-state index contributed by atoms with van der Waals surface area (Å²) in [7, 11) is 0. The van der Waals surface area contributed by atoms with Gasteiger partial charge in [-0.05, 0) is 19.1 Å². The van der Waals surface area contributed by atoms with Gasteiger partial charge in [-0.3, -0.25) is 4.98 Å². The van der Waals surface area contributed by atoms with Crippen molar-refractivity contribution in [3.63, 3.8) is 0 Å². The first-order valence-electron chi connectivity index (χ1n) is 5.81. The summed E-state index contributed by atoms with van der Waals surface area (Å²) in [4.78, 5) is 10.8. The zero-order valence-corrected chi connectivity index (χ0v) is 12.8. The van der Waals surface area contributed by atoms with Crippen LogP contribution in [0.25, 0.3) is 0 Å². The zero-order valence-electron chi connectivity index (χ0n) is 10.5. The van der Waals surface area contributed by atoms with Crippen LogP contribution in [0.2, 0.25) is 0 Å². The van der Waals surface area contributed by atoms with E-state index in [9.17, 15) is 0 Å². The Morgan fingerprint density at radius 2 is 2.17 bits per heavy atom. The molecule has 0 radical (unpaired) electrons. The predicted octanol–water partition coefficient (Wildman–Crippen LogP) is 1.15. The standard InChI is InChI=1S/C12H18N4O.HI/c1-10-3-2-4-11(15-10)9-14-12(13)16-5-7-17-8-6-16;/h2-4H,5-9H2,1H3,(H2,13,14);1H. The summed E-state index contributed by atoms with van der Waals surface area (Å²) >= 11 is 0. The van der Waals surface area contributed by atoms with E-state index in [4.69, 9.17) is 10.5 Å². The Balaban J connectivity index is 0.00000162. The third-order valence-corrected chi connectivity index (χ3v) is 2.68. The maximum atomic E-state index is 5.93. The van der Waals surface area contributed by atoms with Crippen molar-refractivity contribution in [2.75, 3.05) is 26.3 Å². The van der Waals surface area contributed by atoms with Crippen LogP contribution in [0.1, 0.15) is 11.4 Å². The number of ether oxygens (including phenoxy) is 1. The third kappa shape index (κ3) is 4.41. The van der Waals surface area contributed by atoms with Crippen LogP contribution in [0.5, 0.6) is 0 Å². The molecular formula is C12H19IN4O. The van der Waals surface area contributed by atoms with Crippen LogP contribution in [0.15, 0.2) is 23.2 Å². The Kier molecular flexibility index (Phi) is 6.34. The first-order chi connectivity index (χ1) is 8.25. The van der Waals surface area contributed by atoms with E-state index >= 15 is 0 Å².